The number of benzene rings is 3. The lowest BCUT2D eigenvalue weighted by atomic mass is 10.1. The Morgan fingerprint density at radius 1 is 0.966 bits per heavy atom. The zero-order chi connectivity index (χ0) is 20.8. The minimum absolute atomic E-state index is 0.304. The van der Waals surface area contributed by atoms with E-state index in [0.29, 0.717) is 40.1 Å². The fourth-order valence-electron chi connectivity index (χ4n) is 2.82. The Hall–Kier alpha value is -3.18. The molecule has 3 rings (SSSR count). The van der Waals surface area contributed by atoms with E-state index in [2.05, 4.69) is 5.32 Å². The van der Waals surface area contributed by atoms with Gasteiger partial charge in [-0.1, -0.05) is 48.0 Å². The topological polar surface area (TPSA) is 56.8 Å². The third kappa shape index (κ3) is 4.81. The molecule has 1 amide bonds. The number of hydrogen-bond acceptors (Lipinski definition) is 4. The number of amides is 1. The molecule has 0 radical (unpaired) electrons. The van der Waals surface area contributed by atoms with Crippen LogP contribution in [0.25, 0.3) is 0 Å². The summed E-state index contributed by atoms with van der Waals surface area (Å²) in [7, 11) is 3.04. The quantitative estimate of drug-likeness (QED) is 0.558. The molecule has 0 saturated carbocycles. The summed E-state index contributed by atoms with van der Waals surface area (Å²) < 4.78 is 16.8. The third-order valence-corrected chi connectivity index (χ3v) is 4.87. The van der Waals surface area contributed by atoms with Gasteiger partial charge in [-0.25, -0.2) is 0 Å². The molecule has 0 unspecified atom stereocenters. The third-order valence-electron chi connectivity index (χ3n) is 4.46. The van der Waals surface area contributed by atoms with Gasteiger partial charge >= 0.3 is 0 Å². The number of rotatable bonds is 7. The first kappa shape index (κ1) is 20.6. The molecular formula is C23H22ClNO4. The van der Waals surface area contributed by atoms with Crippen LogP contribution in [0, 0.1) is 6.92 Å². The molecular weight excluding hydrogens is 390 g/mol. The van der Waals surface area contributed by atoms with Crippen LogP contribution in [0.4, 0.5) is 5.69 Å². The average molecular weight is 412 g/mol. The highest BCUT2D eigenvalue weighted by Crippen LogP contribution is 2.39. The van der Waals surface area contributed by atoms with Gasteiger partial charge in [-0.15, -0.1) is 0 Å². The summed E-state index contributed by atoms with van der Waals surface area (Å²) in [5.74, 6) is 0.956. The number of hydrogen-bond donors (Lipinski definition) is 1. The highest BCUT2D eigenvalue weighted by molar-refractivity contribution is 6.31. The predicted octanol–water partition coefficient (Wildman–Crippen LogP) is 5.50. The van der Waals surface area contributed by atoms with Crippen LogP contribution < -0.4 is 19.5 Å². The summed E-state index contributed by atoms with van der Waals surface area (Å²) in [5.41, 5.74) is 2.83. The molecule has 0 aliphatic heterocycles. The molecule has 0 saturated heterocycles. The molecule has 0 aliphatic carbocycles. The molecule has 0 atom stereocenters. The minimum atomic E-state index is -0.304. The van der Waals surface area contributed by atoms with Crippen molar-refractivity contribution in [2.45, 2.75) is 13.5 Å². The van der Waals surface area contributed by atoms with Gasteiger partial charge in [-0.3, -0.25) is 4.79 Å². The summed E-state index contributed by atoms with van der Waals surface area (Å²) >= 11 is 6.14. The highest BCUT2D eigenvalue weighted by atomic mass is 35.5. The Balaban J connectivity index is 1.86. The number of nitrogens with one attached hydrogen (secondary N) is 1. The molecule has 3 aromatic carbocycles. The highest BCUT2D eigenvalue weighted by Gasteiger charge is 2.18. The molecule has 29 heavy (non-hydrogen) atoms. The van der Waals surface area contributed by atoms with E-state index in [1.54, 1.807) is 30.3 Å². The fourth-order valence-corrected chi connectivity index (χ4v) is 2.99. The van der Waals surface area contributed by atoms with Crippen LogP contribution in [0.1, 0.15) is 21.5 Å². The van der Waals surface area contributed by atoms with E-state index in [0.717, 1.165) is 11.1 Å². The normalized spacial score (nSPS) is 10.3. The second-order valence-corrected chi connectivity index (χ2v) is 6.76. The van der Waals surface area contributed by atoms with Crippen molar-refractivity contribution in [2.75, 3.05) is 19.5 Å². The Morgan fingerprint density at radius 3 is 2.24 bits per heavy atom. The first-order valence-corrected chi connectivity index (χ1v) is 9.40. The maximum absolute atomic E-state index is 12.8. The van der Waals surface area contributed by atoms with Gasteiger partial charge in [0.25, 0.3) is 5.91 Å². The fraction of sp³-hybridized carbons (Fsp3) is 0.174. The van der Waals surface area contributed by atoms with Gasteiger partial charge in [0.15, 0.2) is 11.5 Å². The first-order chi connectivity index (χ1) is 14.0. The van der Waals surface area contributed by atoms with Crippen molar-refractivity contribution in [2.24, 2.45) is 0 Å². The van der Waals surface area contributed by atoms with Crippen LogP contribution in [-0.4, -0.2) is 20.1 Å². The standard InChI is InChI=1S/C23H22ClNO4/c1-15-18(24)10-7-11-19(15)25-23(26)17-12-20(27-2)22(21(13-17)28-3)29-14-16-8-5-4-6-9-16/h4-13H,14H2,1-3H3,(H,25,26). The number of methoxy groups -OCH3 is 2. The average Bonchev–Trinajstić information content (AvgIpc) is 2.75. The van der Waals surface area contributed by atoms with E-state index in [4.69, 9.17) is 25.8 Å². The second-order valence-electron chi connectivity index (χ2n) is 6.35. The van der Waals surface area contributed by atoms with Gasteiger partial charge in [0.05, 0.1) is 14.2 Å². The summed E-state index contributed by atoms with van der Waals surface area (Å²) in [6, 6.07) is 18.4. The van der Waals surface area contributed by atoms with Gasteiger partial charge in [-0.05, 0) is 42.3 Å². The molecule has 0 heterocycles. The van der Waals surface area contributed by atoms with Crippen LogP contribution >= 0.6 is 11.6 Å². The molecule has 0 aliphatic rings. The monoisotopic (exact) mass is 411 g/mol. The van der Waals surface area contributed by atoms with Crippen LogP contribution in [0.2, 0.25) is 5.02 Å². The summed E-state index contributed by atoms with van der Waals surface area (Å²) in [6.07, 6.45) is 0. The molecule has 0 fully saturated rings. The van der Waals surface area contributed by atoms with E-state index in [9.17, 15) is 4.79 Å². The lowest BCUT2D eigenvalue weighted by Crippen LogP contribution is -2.13. The molecule has 150 valence electrons. The SMILES string of the molecule is COc1cc(C(=O)Nc2cccc(Cl)c2C)cc(OC)c1OCc1ccccc1. The number of halogens is 1. The Kier molecular flexibility index (Phi) is 6.62. The maximum atomic E-state index is 12.8. The van der Waals surface area contributed by atoms with Crippen LogP contribution in [0.3, 0.4) is 0 Å². The first-order valence-electron chi connectivity index (χ1n) is 9.02. The molecule has 0 bridgehead atoms. The molecule has 3 aromatic rings. The zero-order valence-electron chi connectivity index (χ0n) is 16.5. The van der Waals surface area contributed by atoms with Crippen molar-refractivity contribution < 1.29 is 19.0 Å². The number of carbonyl (C=O) groups excluding carboxylic acids is 1. The van der Waals surface area contributed by atoms with E-state index >= 15 is 0 Å². The van der Waals surface area contributed by atoms with Crippen LogP contribution in [-0.2, 0) is 6.61 Å². The number of anilines is 1. The zero-order valence-corrected chi connectivity index (χ0v) is 17.2. The van der Waals surface area contributed by atoms with Gasteiger partial charge in [-0.2, -0.15) is 0 Å². The molecule has 5 nitrogen and oxygen atoms in total. The van der Waals surface area contributed by atoms with E-state index in [1.165, 1.54) is 14.2 Å². The Bertz CT molecular complexity index is 980. The van der Waals surface area contributed by atoms with Crippen LogP contribution in [0.5, 0.6) is 17.2 Å². The second kappa shape index (κ2) is 9.34. The smallest absolute Gasteiger partial charge is 0.255 e. The predicted molar refractivity (Wildman–Crippen MR) is 114 cm³/mol. The van der Waals surface area contributed by atoms with Crippen molar-refractivity contribution in [1.29, 1.82) is 0 Å². The van der Waals surface area contributed by atoms with Gasteiger partial charge in [0, 0.05) is 16.3 Å². The lowest BCUT2D eigenvalue weighted by Gasteiger charge is -2.16. The van der Waals surface area contributed by atoms with Crippen molar-refractivity contribution in [3.8, 4) is 17.2 Å². The van der Waals surface area contributed by atoms with Crippen molar-refractivity contribution in [3.05, 3.63) is 82.4 Å². The molecule has 6 heteroatoms. The van der Waals surface area contributed by atoms with E-state index in [-0.39, 0.29) is 5.91 Å². The van der Waals surface area contributed by atoms with Crippen molar-refractivity contribution in [1.82, 2.24) is 0 Å². The molecule has 1 N–H and O–H groups in total. The van der Waals surface area contributed by atoms with Gasteiger partial charge < -0.3 is 19.5 Å². The summed E-state index contributed by atoms with van der Waals surface area (Å²) in [5, 5.41) is 3.46. The van der Waals surface area contributed by atoms with Gasteiger partial charge in [0.1, 0.15) is 6.61 Å². The van der Waals surface area contributed by atoms with Gasteiger partial charge in [0.2, 0.25) is 5.75 Å². The Labute approximate surface area is 175 Å². The molecule has 0 aromatic heterocycles. The van der Waals surface area contributed by atoms with Crippen LogP contribution in [0.15, 0.2) is 60.7 Å². The Morgan fingerprint density at radius 2 is 1.62 bits per heavy atom. The summed E-state index contributed by atoms with van der Waals surface area (Å²) in [6.45, 7) is 2.19. The molecule has 0 spiro atoms. The summed E-state index contributed by atoms with van der Waals surface area (Å²) in [4.78, 5) is 12.8. The minimum Gasteiger partial charge on any atom is -0.493 e. The maximum Gasteiger partial charge on any atom is 0.255 e. The van der Waals surface area contributed by atoms with Crippen molar-refractivity contribution in [3.63, 3.8) is 0 Å². The van der Waals surface area contributed by atoms with Crippen molar-refractivity contribution >= 4 is 23.2 Å². The number of carbonyl (C=O) groups is 1. The lowest BCUT2D eigenvalue weighted by molar-refractivity contribution is 0.102. The number of ether oxygens (including phenoxy) is 3. The van der Waals surface area contributed by atoms with E-state index < -0.39 is 0 Å². The van der Waals surface area contributed by atoms with E-state index in [1.807, 2.05) is 37.3 Å². The largest absolute Gasteiger partial charge is 0.493 e.